The van der Waals surface area contributed by atoms with Crippen LogP contribution in [-0.4, -0.2) is 68.4 Å². The zero-order valence-electron chi connectivity index (χ0n) is 23.6. The number of aromatic carboxylic acids is 1. The van der Waals surface area contributed by atoms with Crippen LogP contribution in [0.2, 0.25) is 0 Å². The van der Waals surface area contributed by atoms with Gasteiger partial charge in [0, 0.05) is 55.3 Å². The van der Waals surface area contributed by atoms with E-state index in [1.54, 1.807) is 18.2 Å². The van der Waals surface area contributed by atoms with Crippen LogP contribution >= 0.6 is 0 Å². The van der Waals surface area contributed by atoms with Gasteiger partial charge in [0.25, 0.3) is 0 Å². The van der Waals surface area contributed by atoms with E-state index in [1.165, 1.54) is 12.1 Å². The third-order valence-corrected chi connectivity index (χ3v) is 8.90. The minimum Gasteiger partial charge on any atom is -0.477 e. The minimum absolute atomic E-state index is 0.0159. The standard InChI is InChI=1S/C32H32FN7O3/c33-27-12-20(14-34)4-5-21(27)15-35-22-2-1-3-23(13-22)38-16-24-6-7-25(17-38)39(24)19-30-36-28-8-9-29(32(41)42)37-31(28)40(30)18-26-10-11-43-26/h1-5,8-9,12-13,24-26,35H,6-7,10-11,15-19H2,(H,41,42). The lowest BCUT2D eigenvalue weighted by Crippen LogP contribution is -2.53. The highest BCUT2D eigenvalue weighted by Gasteiger charge is 2.40. The van der Waals surface area contributed by atoms with Gasteiger partial charge in [-0.1, -0.05) is 12.1 Å². The summed E-state index contributed by atoms with van der Waals surface area (Å²) >= 11 is 0. The Morgan fingerprint density at radius 2 is 1.91 bits per heavy atom. The van der Waals surface area contributed by atoms with Crippen LogP contribution in [0.1, 0.15) is 46.7 Å². The molecule has 10 nitrogen and oxygen atoms in total. The van der Waals surface area contributed by atoms with Crippen molar-refractivity contribution in [2.24, 2.45) is 0 Å². The van der Waals surface area contributed by atoms with Crippen molar-refractivity contribution in [1.82, 2.24) is 19.4 Å². The van der Waals surface area contributed by atoms with E-state index in [9.17, 15) is 14.3 Å². The lowest BCUT2D eigenvalue weighted by atomic mass is 10.1. The van der Waals surface area contributed by atoms with Gasteiger partial charge in [0.1, 0.15) is 17.2 Å². The van der Waals surface area contributed by atoms with Crippen LogP contribution < -0.4 is 10.2 Å². The molecule has 3 fully saturated rings. The second-order valence-electron chi connectivity index (χ2n) is 11.5. The molecule has 3 saturated heterocycles. The first-order chi connectivity index (χ1) is 20.9. The Morgan fingerprint density at radius 3 is 2.60 bits per heavy atom. The molecule has 4 aromatic rings. The highest BCUT2D eigenvalue weighted by Crippen LogP contribution is 2.35. The molecule has 7 rings (SSSR count). The van der Waals surface area contributed by atoms with E-state index in [0.29, 0.717) is 54.0 Å². The van der Waals surface area contributed by atoms with E-state index in [2.05, 4.69) is 36.8 Å². The Morgan fingerprint density at radius 1 is 1.09 bits per heavy atom. The third-order valence-electron chi connectivity index (χ3n) is 8.90. The van der Waals surface area contributed by atoms with Crippen molar-refractivity contribution >= 4 is 28.5 Å². The number of halogens is 1. The second kappa shape index (κ2) is 11.3. The largest absolute Gasteiger partial charge is 0.477 e. The SMILES string of the molecule is N#Cc1ccc(CNc2cccc(N3CC4CCC(C3)N4Cc3nc4ccc(C(=O)O)nc4n3CC3CCO3)c2)c(F)c1. The smallest absolute Gasteiger partial charge is 0.354 e. The Balaban J connectivity index is 1.06. The number of piperazine rings is 1. The maximum absolute atomic E-state index is 14.4. The van der Waals surface area contributed by atoms with Gasteiger partial charge in [-0.2, -0.15) is 5.26 Å². The molecule has 0 aliphatic carbocycles. The van der Waals surface area contributed by atoms with E-state index in [-0.39, 0.29) is 17.6 Å². The van der Waals surface area contributed by atoms with E-state index in [4.69, 9.17) is 15.0 Å². The molecule has 2 aromatic carbocycles. The molecule has 0 amide bonds. The van der Waals surface area contributed by atoms with Gasteiger partial charge in [0.15, 0.2) is 11.3 Å². The molecule has 0 spiro atoms. The van der Waals surface area contributed by atoms with Crippen LogP contribution in [0.4, 0.5) is 15.8 Å². The summed E-state index contributed by atoms with van der Waals surface area (Å²) in [6.45, 7) is 4.14. The average Bonchev–Trinajstić information content (AvgIpc) is 3.44. The first-order valence-corrected chi connectivity index (χ1v) is 14.7. The number of pyridine rings is 1. The Kier molecular flexibility index (Phi) is 7.16. The minimum atomic E-state index is -1.05. The first-order valence-electron chi connectivity index (χ1n) is 14.7. The van der Waals surface area contributed by atoms with Crippen molar-refractivity contribution in [3.05, 3.63) is 83.1 Å². The molecule has 2 bridgehead atoms. The number of fused-ring (bicyclic) bond motifs is 3. The lowest BCUT2D eigenvalue weighted by molar-refractivity contribution is -0.0593. The molecule has 3 aliphatic heterocycles. The number of nitrogens with one attached hydrogen (secondary N) is 1. The number of hydrogen-bond acceptors (Lipinski definition) is 8. The quantitative estimate of drug-likeness (QED) is 0.297. The number of anilines is 2. The summed E-state index contributed by atoms with van der Waals surface area (Å²) in [7, 11) is 0. The molecule has 43 heavy (non-hydrogen) atoms. The topological polar surface area (TPSA) is 120 Å². The van der Waals surface area contributed by atoms with Crippen LogP contribution in [0.3, 0.4) is 0 Å². The van der Waals surface area contributed by atoms with E-state index in [0.717, 1.165) is 56.2 Å². The molecule has 0 saturated carbocycles. The third kappa shape index (κ3) is 5.40. The van der Waals surface area contributed by atoms with Crippen molar-refractivity contribution in [2.75, 3.05) is 29.9 Å². The van der Waals surface area contributed by atoms with E-state index >= 15 is 0 Å². The van der Waals surface area contributed by atoms with Gasteiger partial charge in [-0.05, 0) is 61.7 Å². The van der Waals surface area contributed by atoms with Crippen LogP contribution in [0.5, 0.6) is 0 Å². The highest BCUT2D eigenvalue weighted by atomic mass is 19.1. The average molecular weight is 582 g/mol. The summed E-state index contributed by atoms with van der Waals surface area (Å²) in [5, 5.41) is 21.8. The van der Waals surface area contributed by atoms with Gasteiger partial charge in [0.05, 0.1) is 30.8 Å². The predicted molar refractivity (Wildman–Crippen MR) is 158 cm³/mol. The monoisotopic (exact) mass is 581 g/mol. The van der Waals surface area contributed by atoms with Gasteiger partial charge in [-0.25, -0.2) is 19.2 Å². The number of nitrogens with zero attached hydrogens (tertiary/aromatic N) is 6. The Hall–Kier alpha value is -4.53. The van der Waals surface area contributed by atoms with Gasteiger partial charge >= 0.3 is 5.97 Å². The van der Waals surface area contributed by atoms with Crippen molar-refractivity contribution in [3.63, 3.8) is 0 Å². The molecule has 2 aromatic heterocycles. The van der Waals surface area contributed by atoms with Crippen molar-refractivity contribution < 1.29 is 19.0 Å². The van der Waals surface area contributed by atoms with Crippen LogP contribution in [0.25, 0.3) is 11.2 Å². The molecular weight excluding hydrogens is 549 g/mol. The summed E-state index contributed by atoms with van der Waals surface area (Å²) in [6.07, 6.45) is 3.27. The molecule has 0 radical (unpaired) electrons. The fourth-order valence-electron chi connectivity index (χ4n) is 6.50. The van der Waals surface area contributed by atoms with Crippen molar-refractivity contribution in [2.45, 2.75) is 57.1 Å². The summed E-state index contributed by atoms with van der Waals surface area (Å²) in [6, 6.07) is 18.7. The fraction of sp³-hybridized carbons (Fsp3) is 0.375. The second-order valence-corrected chi connectivity index (χ2v) is 11.5. The zero-order chi connectivity index (χ0) is 29.5. The summed E-state index contributed by atoms with van der Waals surface area (Å²) in [5.74, 6) is -0.541. The van der Waals surface area contributed by atoms with Crippen molar-refractivity contribution in [1.29, 1.82) is 5.26 Å². The molecule has 220 valence electrons. The number of rotatable bonds is 9. The highest BCUT2D eigenvalue weighted by molar-refractivity contribution is 5.88. The molecular formula is C32H32FN7O3. The van der Waals surface area contributed by atoms with Gasteiger partial charge < -0.3 is 24.6 Å². The van der Waals surface area contributed by atoms with E-state index in [1.807, 2.05) is 18.2 Å². The summed E-state index contributed by atoms with van der Waals surface area (Å²) in [5.41, 5.74) is 4.18. The Labute approximate surface area is 248 Å². The van der Waals surface area contributed by atoms with Gasteiger partial charge in [0.2, 0.25) is 0 Å². The molecule has 5 heterocycles. The lowest BCUT2D eigenvalue weighted by Gasteiger charge is -2.42. The van der Waals surface area contributed by atoms with Crippen LogP contribution in [0, 0.1) is 17.1 Å². The molecule has 3 unspecified atom stereocenters. The number of benzene rings is 2. The number of imidazole rings is 1. The number of hydrogen-bond donors (Lipinski definition) is 2. The molecule has 3 atom stereocenters. The normalized spacial score (nSPS) is 21.5. The zero-order valence-corrected chi connectivity index (χ0v) is 23.6. The number of carbonyl (C=O) groups is 1. The molecule has 2 N–H and O–H groups in total. The number of ether oxygens (including phenoxy) is 1. The van der Waals surface area contributed by atoms with E-state index < -0.39 is 5.97 Å². The first kappa shape index (κ1) is 27.3. The fourth-order valence-corrected chi connectivity index (χ4v) is 6.50. The number of carboxylic acids is 1. The van der Waals surface area contributed by atoms with Crippen LogP contribution in [-0.2, 0) is 24.4 Å². The van der Waals surface area contributed by atoms with Crippen LogP contribution in [0.15, 0.2) is 54.6 Å². The maximum Gasteiger partial charge on any atom is 0.354 e. The number of nitriles is 1. The predicted octanol–water partition coefficient (Wildman–Crippen LogP) is 4.39. The summed E-state index contributed by atoms with van der Waals surface area (Å²) in [4.78, 5) is 25.9. The van der Waals surface area contributed by atoms with Gasteiger partial charge in [-0.3, -0.25) is 4.90 Å². The maximum atomic E-state index is 14.4. The molecule has 11 heteroatoms. The summed E-state index contributed by atoms with van der Waals surface area (Å²) < 4.78 is 22.1. The molecule has 3 aliphatic rings. The Bertz CT molecular complexity index is 1720. The van der Waals surface area contributed by atoms with Crippen molar-refractivity contribution in [3.8, 4) is 6.07 Å². The number of aromatic nitrogens is 3. The van der Waals surface area contributed by atoms with Gasteiger partial charge in [-0.15, -0.1) is 0 Å². The number of carboxylic acid groups (broad SMARTS) is 1.